The Balaban J connectivity index is 3.54. The van der Waals surface area contributed by atoms with E-state index in [0.717, 1.165) is 32.1 Å². The number of benzene rings is 1. The van der Waals surface area contributed by atoms with Gasteiger partial charge in [-0.1, -0.05) is 57.6 Å². The lowest BCUT2D eigenvalue weighted by Gasteiger charge is -2.35. The standard InChI is InChI=1S/C30H46N4O5/c1-8-11-12-13-19-34(28(37)24(20-25(31)35)33-29(38)39-30(5,6)7)26(27(36)32-21(4)14-9-2)23-17-15-22(10-3)16-18-23/h3,15-18,21,24,26H,8-9,11-14,19-20H2,1-2,4-7H3,(H2,31,35)(H,32,36)(H,33,38). The molecule has 9 heteroatoms. The first-order valence-corrected chi connectivity index (χ1v) is 13.8. The zero-order chi connectivity index (χ0) is 29.6. The van der Waals surface area contributed by atoms with E-state index in [1.54, 1.807) is 45.0 Å². The highest BCUT2D eigenvalue weighted by molar-refractivity contribution is 5.94. The van der Waals surface area contributed by atoms with Gasteiger partial charge in [0.25, 0.3) is 0 Å². The molecule has 3 atom stereocenters. The highest BCUT2D eigenvalue weighted by Gasteiger charge is 2.37. The molecule has 9 nitrogen and oxygen atoms in total. The van der Waals surface area contributed by atoms with Crippen LogP contribution in [0.1, 0.15) is 104 Å². The molecule has 39 heavy (non-hydrogen) atoms. The fourth-order valence-corrected chi connectivity index (χ4v) is 4.19. The van der Waals surface area contributed by atoms with Crippen molar-refractivity contribution in [3.05, 3.63) is 35.4 Å². The monoisotopic (exact) mass is 542 g/mol. The lowest BCUT2D eigenvalue weighted by atomic mass is 9.99. The van der Waals surface area contributed by atoms with Crippen molar-refractivity contribution >= 4 is 23.8 Å². The summed E-state index contributed by atoms with van der Waals surface area (Å²) >= 11 is 0. The number of nitrogens with two attached hydrogens (primary N) is 1. The van der Waals surface area contributed by atoms with Crippen molar-refractivity contribution in [3.63, 3.8) is 0 Å². The summed E-state index contributed by atoms with van der Waals surface area (Å²) in [5.41, 5.74) is 5.83. The summed E-state index contributed by atoms with van der Waals surface area (Å²) in [5.74, 6) is 0.831. The van der Waals surface area contributed by atoms with Crippen molar-refractivity contribution in [2.75, 3.05) is 6.54 Å². The van der Waals surface area contributed by atoms with E-state index >= 15 is 0 Å². The van der Waals surface area contributed by atoms with Gasteiger partial charge in [0.2, 0.25) is 17.7 Å². The van der Waals surface area contributed by atoms with Crippen LogP contribution in [0.5, 0.6) is 0 Å². The molecular weight excluding hydrogens is 496 g/mol. The smallest absolute Gasteiger partial charge is 0.408 e. The van der Waals surface area contributed by atoms with Crippen LogP contribution in [0, 0.1) is 12.3 Å². The summed E-state index contributed by atoms with van der Waals surface area (Å²) in [5, 5.41) is 5.52. The van der Waals surface area contributed by atoms with Gasteiger partial charge in [0.1, 0.15) is 17.7 Å². The Hall–Kier alpha value is -3.54. The van der Waals surface area contributed by atoms with E-state index in [0.29, 0.717) is 17.5 Å². The summed E-state index contributed by atoms with van der Waals surface area (Å²) in [6.07, 6.45) is 9.30. The lowest BCUT2D eigenvalue weighted by molar-refractivity contribution is -0.143. The molecule has 1 rings (SSSR count). The zero-order valence-corrected chi connectivity index (χ0v) is 24.3. The second kappa shape index (κ2) is 16.4. The first kappa shape index (κ1) is 33.5. The fourth-order valence-electron chi connectivity index (χ4n) is 4.19. The number of carbonyl (C=O) groups excluding carboxylic acids is 4. The number of amides is 4. The minimum atomic E-state index is -1.31. The maximum atomic E-state index is 14.0. The maximum Gasteiger partial charge on any atom is 0.408 e. The Kier molecular flexibility index (Phi) is 14.1. The molecule has 3 unspecified atom stereocenters. The third-order valence-corrected chi connectivity index (χ3v) is 5.99. The van der Waals surface area contributed by atoms with E-state index in [-0.39, 0.29) is 18.5 Å². The number of alkyl carbamates (subject to hydrolysis) is 1. The molecular formula is C30H46N4O5. The van der Waals surface area contributed by atoms with E-state index in [2.05, 4.69) is 23.5 Å². The minimum absolute atomic E-state index is 0.117. The average Bonchev–Trinajstić information content (AvgIpc) is 2.84. The largest absolute Gasteiger partial charge is 0.444 e. The summed E-state index contributed by atoms with van der Waals surface area (Å²) in [6, 6.07) is 4.43. The third kappa shape index (κ3) is 12.2. The average molecular weight is 543 g/mol. The Labute approximate surface area is 233 Å². The summed E-state index contributed by atoms with van der Waals surface area (Å²) in [4.78, 5) is 53.7. The number of nitrogens with one attached hydrogen (secondary N) is 2. The van der Waals surface area contributed by atoms with Gasteiger partial charge in [-0.15, -0.1) is 6.42 Å². The molecule has 0 saturated carbocycles. The summed E-state index contributed by atoms with van der Waals surface area (Å²) in [6.45, 7) is 11.3. The van der Waals surface area contributed by atoms with Crippen LogP contribution in [-0.2, 0) is 19.1 Å². The minimum Gasteiger partial charge on any atom is -0.444 e. The Morgan fingerprint density at radius 1 is 1.03 bits per heavy atom. The van der Waals surface area contributed by atoms with E-state index in [1.165, 1.54) is 4.90 Å². The second-order valence-electron chi connectivity index (χ2n) is 10.8. The number of unbranched alkanes of at least 4 members (excludes halogenated alkanes) is 3. The van der Waals surface area contributed by atoms with E-state index in [9.17, 15) is 19.2 Å². The van der Waals surface area contributed by atoms with Crippen molar-refractivity contribution in [1.29, 1.82) is 0 Å². The zero-order valence-electron chi connectivity index (χ0n) is 24.3. The number of ether oxygens (including phenoxy) is 1. The SMILES string of the molecule is C#Cc1ccc(C(C(=O)NC(C)CCC)N(CCCCCC)C(=O)C(CC(N)=O)NC(=O)OC(C)(C)C)cc1. The fraction of sp³-hybridized carbons (Fsp3) is 0.600. The van der Waals surface area contributed by atoms with Gasteiger partial charge in [-0.25, -0.2) is 4.79 Å². The quantitative estimate of drug-likeness (QED) is 0.226. The molecule has 0 bridgehead atoms. The normalized spacial score (nSPS) is 13.4. The number of rotatable bonds is 15. The first-order valence-electron chi connectivity index (χ1n) is 13.8. The number of terminal acetylenes is 1. The van der Waals surface area contributed by atoms with Crippen molar-refractivity contribution in [1.82, 2.24) is 15.5 Å². The number of primary amides is 1. The van der Waals surface area contributed by atoms with Crippen LogP contribution in [0.3, 0.4) is 0 Å². The maximum absolute atomic E-state index is 14.0. The van der Waals surface area contributed by atoms with Crippen LogP contribution >= 0.6 is 0 Å². The van der Waals surface area contributed by atoms with Gasteiger partial charge >= 0.3 is 6.09 Å². The van der Waals surface area contributed by atoms with Crippen molar-refractivity contribution in [3.8, 4) is 12.3 Å². The highest BCUT2D eigenvalue weighted by atomic mass is 16.6. The van der Waals surface area contributed by atoms with Gasteiger partial charge < -0.3 is 26.0 Å². The van der Waals surface area contributed by atoms with Gasteiger partial charge in [0, 0.05) is 18.2 Å². The highest BCUT2D eigenvalue weighted by Crippen LogP contribution is 2.25. The number of hydrogen-bond acceptors (Lipinski definition) is 5. The van der Waals surface area contributed by atoms with Crippen LogP contribution < -0.4 is 16.4 Å². The van der Waals surface area contributed by atoms with E-state index < -0.39 is 42.0 Å². The van der Waals surface area contributed by atoms with Gasteiger partial charge in [0.15, 0.2) is 0 Å². The number of nitrogens with zero attached hydrogens (tertiary/aromatic N) is 1. The van der Waals surface area contributed by atoms with Gasteiger partial charge in [-0.3, -0.25) is 14.4 Å². The first-order chi connectivity index (χ1) is 18.3. The molecule has 1 aromatic rings. The molecule has 4 amide bonds. The van der Waals surface area contributed by atoms with Crippen LogP contribution in [0.2, 0.25) is 0 Å². The molecule has 0 aliphatic heterocycles. The van der Waals surface area contributed by atoms with Crippen LogP contribution in [0.4, 0.5) is 4.79 Å². The van der Waals surface area contributed by atoms with Crippen molar-refractivity contribution in [2.45, 2.75) is 110 Å². The Bertz CT molecular complexity index is 994. The van der Waals surface area contributed by atoms with E-state index in [1.807, 2.05) is 13.8 Å². The summed E-state index contributed by atoms with van der Waals surface area (Å²) < 4.78 is 5.32. The second-order valence-corrected chi connectivity index (χ2v) is 10.8. The molecule has 0 aliphatic rings. The van der Waals surface area contributed by atoms with Crippen LogP contribution in [0.15, 0.2) is 24.3 Å². The van der Waals surface area contributed by atoms with Crippen molar-refractivity contribution < 1.29 is 23.9 Å². The molecule has 4 N–H and O–H groups in total. The number of carbonyl (C=O) groups is 4. The van der Waals surface area contributed by atoms with Crippen LogP contribution in [-0.4, -0.2) is 52.9 Å². The Morgan fingerprint density at radius 2 is 1.67 bits per heavy atom. The molecule has 216 valence electrons. The van der Waals surface area contributed by atoms with Crippen molar-refractivity contribution in [2.24, 2.45) is 5.73 Å². The molecule has 0 spiro atoms. The van der Waals surface area contributed by atoms with Gasteiger partial charge in [0.05, 0.1) is 6.42 Å². The third-order valence-electron chi connectivity index (χ3n) is 5.99. The predicted octanol–water partition coefficient (Wildman–Crippen LogP) is 4.19. The predicted molar refractivity (Wildman–Crippen MR) is 152 cm³/mol. The molecule has 0 radical (unpaired) electrons. The molecule has 0 aromatic heterocycles. The molecule has 0 saturated heterocycles. The molecule has 0 fully saturated rings. The summed E-state index contributed by atoms with van der Waals surface area (Å²) in [7, 11) is 0. The van der Waals surface area contributed by atoms with E-state index in [4.69, 9.17) is 16.9 Å². The molecule has 0 heterocycles. The Morgan fingerprint density at radius 3 is 2.18 bits per heavy atom. The lowest BCUT2D eigenvalue weighted by Crippen LogP contribution is -2.54. The number of hydrogen-bond donors (Lipinski definition) is 3. The topological polar surface area (TPSA) is 131 Å². The van der Waals surface area contributed by atoms with Gasteiger partial charge in [-0.2, -0.15) is 0 Å². The molecule has 0 aliphatic carbocycles. The van der Waals surface area contributed by atoms with Crippen LogP contribution in [0.25, 0.3) is 0 Å². The molecule has 1 aromatic carbocycles. The van der Waals surface area contributed by atoms with Gasteiger partial charge in [-0.05, 0) is 58.2 Å².